The zero-order valence-electron chi connectivity index (χ0n) is 9.82. The van der Waals surface area contributed by atoms with Gasteiger partial charge in [0, 0.05) is 19.8 Å². The summed E-state index contributed by atoms with van der Waals surface area (Å²) in [4.78, 5) is 0. The van der Waals surface area contributed by atoms with Crippen LogP contribution >= 0.6 is 0 Å². The van der Waals surface area contributed by atoms with Crippen LogP contribution in [0.3, 0.4) is 0 Å². The van der Waals surface area contributed by atoms with Crippen molar-refractivity contribution in [1.82, 2.24) is 5.48 Å². The normalized spacial score (nSPS) is 10.9. The summed E-state index contributed by atoms with van der Waals surface area (Å²) in [7, 11) is 0. The molecule has 0 heterocycles. The Labute approximate surface area is 97.0 Å². The molecule has 0 saturated heterocycles. The Bertz CT molecular complexity index is 113. The maximum atomic E-state index is 8.28. The lowest BCUT2D eigenvalue weighted by atomic mass is 10.5. The van der Waals surface area contributed by atoms with Crippen LogP contribution in [0.25, 0.3) is 0 Å². The molecule has 0 atom stereocenters. The van der Waals surface area contributed by atoms with E-state index in [0.717, 1.165) is 12.8 Å². The van der Waals surface area contributed by atoms with Crippen molar-refractivity contribution in [1.29, 1.82) is 0 Å². The fraction of sp³-hybridized carbons (Fsp3) is 1.00. The van der Waals surface area contributed by atoms with Gasteiger partial charge < -0.3 is 25.2 Å². The first kappa shape index (κ1) is 15.8. The number of hydrogen-bond donors (Lipinski definition) is 3. The number of hydroxylamine groups is 1. The minimum absolute atomic E-state index is 0.551. The summed E-state index contributed by atoms with van der Waals surface area (Å²) in [5.74, 6) is 0. The summed E-state index contributed by atoms with van der Waals surface area (Å²) in [6.07, 6.45) is 1.68. The third-order valence-electron chi connectivity index (χ3n) is 1.81. The third-order valence-corrected chi connectivity index (χ3v) is 1.81. The Balaban J connectivity index is 2.83. The molecule has 0 aromatic carbocycles. The number of nitrogens with two attached hydrogens (primary N) is 1. The highest BCUT2D eigenvalue weighted by molar-refractivity contribution is 4.38. The molecule has 0 unspecified atom stereocenters. The van der Waals surface area contributed by atoms with Crippen LogP contribution in [0.5, 0.6) is 0 Å². The van der Waals surface area contributed by atoms with Crippen molar-refractivity contribution in [2.75, 3.05) is 52.7 Å². The molecule has 0 aromatic rings. The molecule has 0 amide bonds. The quantitative estimate of drug-likeness (QED) is 0.302. The number of hydrogen-bond acceptors (Lipinski definition) is 6. The molecule has 0 radical (unpaired) electrons. The molecule has 0 rings (SSSR count). The van der Waals surface area contributed by atoms with E-state index in [1.807, 2.05) is 0 Å². The Kier molecular flexibility index (Phi) is 14.5. The van der Waals surface area contributed by atoms with Gasteiger partial charge in [-0.3, -0.25) is 0 Å². The molecular weight excluding hydrogens is 212 g/mol. The SMILES string of the molecule is NCCCOCCOCCOCCCNO. The van der Waals surface area contributed by atoms with E-state index in [1.165, 1.54) is 0 Å². The topological polar surface area (TPSA) is 86.0 Å². The molecule has 0 aliphatic carbocycles. The minimum Gasteiger partial charge on any atom is -0.379 e. The molecule has 6 nitrogen and oxygen atoms in total. The highest BCUT2D eigenvalue weighted by Crippen LogP contribution is 1.84. The zero-order valence-corrected chi connectivity index (χ0v) is 9.82. The summed E-state index contributed by atoms with van der Waals surface area (Å²) >= 11 is 0. The standard InChI is InChI=1S/C10H24N2O4/c11-3-1-5-14-7-9-16-10-8-15-6-2-4-12-13/h12-13H,1-11H2. The predicted molar refractivity (Wildman–Crippen MR) is 60.5 cm³/mol. The van der Waals surface area contributed by atoms with E-state index in [1.54, 1.807) is 0 Å². The lowest BCUT2D eigenvalue weighted by molar-refractivity contribution is 0.0128. The van der Waals surface area contributed by atoms with Crippen molar-refractivity contribution in [3.8, 4) is 0 Å². The van der Waals surface area contributed by atoms with Crippen LogP contribution in [0.2, 0.25) is 0 Å². The largest absolute Gasteiger partial charge is 0.379 e. The van der Waals surface area contributed by atoms with Gasteiger partial charge in [-0.2, -0.15) is 0 Å². The molecule has 0 fully saturated rings. The van der Waals surface area contributed by atoms with Gasteiger partial charge in [-0.15, -0.1) is 0 Å². The summed E-state index contributed by atoms with van der Waals surface area (Å²) < 4.78 is 15.8. The van der Waals surface area contributed by atoms with Crippen LogP contribution in [0.4, 0.5) is 0 Å². The van der Waals surface area contributed by atoms with Gasteiger partial charge in [0.15, 0.2) is 0 Å². The molecule has 98 valence electrons. The summed E-state index contributed by atoms with van der Waals surface area (Å²) in [5.41, 5.74) is 7.38. The van der Waals surface area contributed by atoms with E-state index in [-0.39, 0.29) is 0 Å². The second-order valence-electron chi connectivity index (χ2n) is 3.24. The first-order valence-corrected chi connectivity index (χ1v) is 5.72. The molecule has 0 saturated carbocycles. The van der Waals surface area contributed by atoms with Gasteiger partial charge in [0.05, 0.1) is 26.4 Å². The molecule has 6 heteroatoms. The zero-order chi connectivity index (χ0) is 11.9. The van der Waals surface area contributed by atoms with Gasteiger partial charge in [0.2, 0.25) is 0 Å². The van der Waals surface area contributed by atoms with Gasteiger partial charge in [-0.1, -0.05) is 0 Å². The average Bonchev–Trinajstić information content (AvgIpc) is 2.31. The van der Waals surface area contributed by atoms with Gasteiger partial charge in [0.25, 0.3) is 0 Å². The molecule has 0 aliphatic rings. The van der Waals surface area contributed by atoms with Crippen molar-refractivity contribution < 1.29 is 19.4 Å². The van der Waals surface area contributed by atoms with E-state index < -0.39 is 0 Å². The second-order valence-corrected chi connectivity index (χ2v) is 3.24. The Morgan fingerprint density at radius 3 is 1.81 bits per heavy atom. The maximum absolute atomic E-state index is 8.28. The van der Waals surface area contributed by atoms with Gasteiger partial charge in [0.1, 0.15) is 0 Å². The third kappa shape index (κ3) is 13.8. The number of ether oxygens (including phenoxy) is 3. The van der Waals surface area contributed by atoms with E-state index in [0.29, 0.717) is 52.7 Å². The second kappa shape index (κ2) is 14.8. The van der Waals surface area contributed by atoms with Crippen LogP contribution in [0, 0.1) is 0 Å². The molecule has 0 spiro atoms. The van der Waals surface area contributed by atoms with Gasteiger partial charge >= 0.3 is 0 Å². The highest BCUT2D eigenvalue weighted by Gasteiger charge is 1.91. The predicted octanol–water partition coefficient (Wildman–Crippen LogP) is -0.246. The molecule has 0 bridgehead atoms. The van der Waals surface area contributed by atoms with E-state index >= 15 is 0 Å². The van der Waals surface area contributed by atoms with Crippen molar-refractivity contribution in [2.45, 2.75) is 12.8 Å². The van der Waals surface area contributed by atoms with Gasteiger partial charge in [-0.25, -0.2) is 5.48 Å². The lowest BCUT2D eigenvalue weighted by Gasteiger charge is -2.06. The number of rotatable bonds is 13. The van der Waals surface area contributed by atoms with Crippen LogP contribution in [-0.4, -0.2) is 57.9 Å². The first-order chi connectivity index (χ1) is 7.91. The van der Waals surface area contributed by atoms with Crippen LogP contribution < -0.4 is 11.2 Å². The van der Waals surface area contributed by atoms with Crippen molar-refractivity contribution >= 4 is 0 Å². The van der Waals surface area contributed by atoms with Crippen LogP contribution in [0.15, 0.2) is 0 Å². The van der Waals surface area contributed by atoms with Gasteiger partial charge in [-0.05, 0) is 19.4 Å². The first-order valence-electron chi connectivity index (χ1n) is 5.72. The molecule has 0 aromatic heterocycles. The van der Waals surface area contributed by atoms with Crippen LogP contribution in [-0.2, 0) is 14.2 Å². The molecule has 4 N–H and O–H groups in total. The summed E-state index contributed by atoms with van der Waals surface area (Å²) in [5, 5.41) is 8.28. The van der Waals surface area contributed by atoms with Crippen molar-refractivity contribution in [3.05, 3.63) is 0 Å². The van der Waals surface area contributed by atoms with E-state index in [4.69, 9.17) is 25.2 Å². The van der Waals surface area contributed by atoms with Crippen molar-refractivity contribution in [2.24, 2.45) is 5.73 Å². The summed E-state index contributed by atoms with van der Waals surface area (Å²) in [6, 6.07) is 0. The molecule has 16 heavy (non-hydrogen) atoms. The van der Waals surface area contributed by atoms with Crippen molar-refractivity contribution in [3.63, 3.8) is 0 Å². The maximum Gasteiger partial charge on any atom is 0.0701 e. The number of nitrogens with one attached hydrogen (secondary N) is 1. The highest BCUT2D eigenvalue weighted by atomic mass is 16.5. The molecular formula is C10H24N2O4. The smallest absolute Gasteiger partial charge is 0.0701 e. The fourth-order valence-corrected chi connectivity index (χ4v) is 0.981. The Morgan fingerprint density at radius 2 is 1.31 bits per heavy atom. The minimum atomic E-state index is 0.551. The van der Waals surface area contributed by atoms with E-state index in [9.17, 15) is 0 Å². The lowest BCUT2D eigenvalue weighted by Crippen LogP contribution is -2.14. The molecule has 0 aliphatic heterocycles. The van der Waals surface area contributed by atoms with E-state index in [2.05, 4.69) is 5.48 Å². The Morgan fingerprint density at radius 1 is 0.812 bits per heavy atom. The fourth-order valence-electron chi connectivity index (χ4n) is 0.981. The average molecular weight is 236 g/mol. The Hall–Kier alpha value is -0.240. The van der Waals surface area contributed by atoms with Crippen LogP contribution in [0.1, 0.15) is 12.8 Å². The monoisotopic (exact) mass is 236 g/mol. The summed E-state index contributed by atoms with van der Waals surface area (Å²) in [6.45, 7) is 4.89.